The molecule has 4 rings (SSSR count). The van der Waals surface area contributed by atoms with Crippen LogP contribution in [-0.4, -0.2) is 68.7 Å². The number of benzene rings is 1. The molecular weight excluding hydrogens is 562 g/mol. The van der Waals surface area contributed by atoms with Crippen LogP contribution in [0.1, 0.15) is 65.2 Å². The van der Waals surface area contributed by atoms with Gasteiger partial charge in [-0.15, -0.1) is 0 Å². The van der Waals surface area contributed by atoms with Gasteiger partial charge >= 0.3 is 6.03 Å². The zero-order valence-corrected chi connectivity index (χ0v) is 25.2. The molecule has 9 nitrogen and oxygen atoms in total. The van der Waals surface area contributed by atoms with Crippen molar-refractivity contribution in [2.24, 2.45) is 0 Å². The Bertz CT molecular complexity index is 1290. The molecule has 0 radical (unpaired) electrons. The van der Waals surface area contributed by atoms with Gasteiger partial charge in [-0.3, -0.25) is 4.79 Å². The molecule has 4 N–H and O–H groups in total. The van der Waals surface area contributed by atoms with Crippen LogP contribution in [0.3, 0.4) is 0 Å². The predicted octanol–water partition coefficient (Wildman–Crippen LogP) is 5.10. The van der Waals surface area contributed by atoms with Crippen molar-refractivity contribution in [2.75, 3.05) is 25.0 Å². The number of thiophene rings is 1. The molecule has 1 atom stereocenters. The van der Waals surface area contributed by atoms with E-state index < -0.39 is 6.29 Å². The zero-order chi connectivity index (χ0) is 29.5. The minimum atomic E-state index is -1.55. The topological polar surface area (TPSA) is 118 Å². The number of likely N-dealkylation sites (tertiary alicyclic amines) is 1. The smallest absolute Gasteiger partial charge is 0.322 e. The van der Waals surface area contributed by atoms with E-state index in [1.54, 1.807) is 48.6 Å². The largest absolute Gasteiger partial charge is 0.364 e. The standard InChI is InChI=1S/C30H38ClN5O4S/c1-19-16-26(31)33-21(3)27(19)28(37)32-12-8-20(2)35-13-9-25(10-14-35)36(17-22-11-15-41-18-22)30(40)34-24-6-4-23(5-7-24)29(38)39/h4-7,11,15-16,18,20,25,29,38-39H,8-10,12-14,17H2,1-3H3,(H,32,37)(H,34,40)/t20-/m1/s1. The van der Waals surface area contributed by atoms with Gasteiger partial charge in [-0.05, 0) is 86.2 Å². The Morgan fingerprint density at radius 2 is 1.88 bits per heavy atom. The molecule has 220 valence electrons. The van der Waals surface area contributed by atoms with E-state index in [0.29, 0.717) is 40.8 Å². The molecule has 1 aromatic carbocycles. The van der Waals surface area contributed by atoms with Crippen molar-refractivity contribution in [3.05, 3.63) is 80.3 Å². The van der Waals surface area contributed by atoms with Crippen LogP contribution in [0, 0.1) is 13.8 Å². The molecule has 1 saturated heterocycles. The highest BCUT2D eigenvalue weighted by molar-refractivity contribution is 7.07. The van der Waals surface area contributed by atoms with Gasteiger partial charge in [0.25, 0.3) is 5.91 Å². The second-order valence-corrected chi connectivity index (χ2v) is 11.7. The van der Waals surface area contributed by atoms with Crippen molar-refractivity contribution in [1.29, 1.82) is 0 Å². The molecule has 2 aromatic heterocycles. The molecule has 3 amide bonds. The van der Waals surface area contributed by atoms with Crippen LogP contribution in [0.4, 0.5) is 10.5 Å². The predicted molar refractivity (Wildman–Crippen MR) is 162 cm³/mol. The number of hydrogen-bond acceptors (Lipinski definition) is 7. The second kappa shape index (κ2) is 14.2. The molecule has 1 aliphatic rings. The van der Waals surface area contributed by atoms with E-state index in [1.807, 2.05) is 23.3 Å². The van der Waals surface area contributed by atoms with Gasteiger partial charge in [-0.25, -0.2) is 9.78 Å². The SMILES string of the molecule is Cc1cc(Cl)nc(C)c1C(=O)NCC[C@@H](C)N1CCC(N(Cc2ccsc2)C(=O)Nc2ccc(C(O)O)cc2)CC1. The van der Waals surface area contributed by atoms with Crippen LogP contribution in [0.25, 0.3) is 0 Å². The number of nitrogens with one attached hydrogen (secondary N) is 2. The molecular formula is C30H38ClN5O4S. The number of aliphatic hydroxyl groups excluding tert-OH is 1. The van der Waals surface area contributed by atoms with E-state index in [4.69, 9.17) is 11.6 Å². The zero-order valence-electron chi connectivity index (χ0n) is 23.6. The second-order valence-electron chi connectivity index (χ2n) is 10.6. The molecule has 0 bridgehead atoms. The van der Waals surface area contributed by atoms with Crippen molar-refractivity contribution in [2.45, 2.75) is 65.0 Å². The molecule has 0 saturated carbocycles. The summed E-state index contributed by atoms with van der Waals surface area (Å²) in [6.45, 7) is 8.62. The lowest BCUT2D eigenvalue weighted by Crippen LogP contribution is -2.50. The molecule has 11 heteroatoms. The number of pyridine rings is 1. The van der Waals surface area contributed by atoms with Crippen molar-refractivity contribution in [3.63, 3.8) is 0 Å². The Labute approximate surface area is 250 Å². The third-order valence-corrected chi connectivity index (χ3v) is 8.58. The van der Waals surface area contributed by atoms with Gasteiger partial charge in [0.1, 0.15) is 5.15 Å². The first kappa shape index (κ1) is 30.9. The van der Waals surface area contributed by atoms with Crippen LogP contribution in [0.5, 0.6) is 0 Å². The first-order chi connectivity index (χ1) is 19.6. The lowest BCUT2D eigenvalue weighted by molar-refractivity contribution is -0.0424. The summed E-state index contributed by atoms with van der Waals surface area (Å²) in [5.74, 6) is -0.132. The number of aliphatic hydroxyl groups is 2. The fraction of sp³-hybridized carbons (Fsp3) is 0.433. The highest BCUT2D eigenvalue weighted by Gasteiger charge is 2.30. The van der Waals surface area contributed by atoms with Gasteiger partial charge in [0.15, 0.2) is 6.29 Å². The van der Waals surface area contributed by atoms with Crippen molar-refractivity contribution >= 4 is 40.6 Å². The van der Waals surface area contributed by atoms with Gasteiger partial charge in [0.2, 0.25) is 0 Å². The number of carbonyl (C=O) groups is 2. The summed E-state index contributed by atoms with van der Waals surface area (Å²) in [5, 5.41) is 29.1. The number of hydrogen-bond donors (Lipinski definition) is 4. The number of amides is 3. The summed E-state index contributed by atoms with van der Waals surface area (Å²) < 4.78 is 0. The molecule has 41 heavy (non-hydrogen) atoms. The fourth-order valence-corrected chi connectivity index (χ4v) is 6.26. The van der Waals surface area contributed by atoms with Crippen LogP contribution >= 0.6 is 22.9 Å². The number of anilines is 1. The first-order valence-electron chi connectivity index (χ1n) is 13.8. The number of urea groups is 1. The van der Waals surface area contributed by atoms with Crippen LogP contribution in [-0.2, 0) is 6.54 Å². The maximum absolute atomic E-state index is 13.4. The summed E-state index contributed by atoms with van der Waals surface area (Å²) in [6.07, 6.45) is 0.956. The van der Waals surface area contributed by atoms with Crippen LogP contribution in [0.2, 0.25) is 5.15 Å². The van der Waals surface area contributed by atoms with Gasteiger partial charge in [-0.2, -0.15) is 11.3 Å². The Morgan fingerprint density at radius 3 is 2.49 bits per heavy atom. The molecule has 3 heterocycles. The van der Waals surface area contributed by atoms with E-state index in [1.165, 1.54) is 0 Å². The normalized spacial score (nSPS) is 15.1. The Morgan fingerprint density at radius 1 is 1.17 bits per heavy atom. The monoisotopic (exact) mass is 599 g/mol. The summed E-state index contributed by atoms with van der Waals surface area (Å²) in [5.41, 5.74) is 4.08. The maximum atomic E-state index is 13.4. The van der Waals surface area contributed by atoms with E-state index in [0.717, 1.165) is 43.5 Å². The van der Waals surface area contributed by atoms with Crippen LogP contribution < -0.4 is 10.6 Å². The number of aromatic nitrogens is 1. The van der Waals surface area contributed by atoms with Crippen molar-refractivity contribution < 1.29 is 19.8 Å². The average Bonchev–Trinajstić information content (AvgIpc) is 3.45. The number of aryl methyl sites for hydroxylation is 2. The number of rotatable bonds is 10. The minimum Gasteiger partial charge on any atom is -0.364 e. The highest BCUT2D eigenvalue weighted by atomic mass is 35.5. The number of piperidine rings is 1. The highest BCUT2D eigenvalue weighted by Crippen LogP contribution is 2.24. The van der Waals surface area contributed by atoms with E-state index in [2.05, 4.69) is 32.8 Å². The Kier molecular flexibility index (Phi) is 10.7. The molecule has 0 unspecified atom stereocenters. The molecule has 0 spiro atoms. The number of nitrogens with zero attached hydrogens (tertiary/aromatic N) is 3. The van der Waals surface area contributed by atoms with E-state index in [9.17, 15) is 19.8 Å². The fourth-order valence-electron chi connectivity index (χ4n) is 5.31. The third kappa shape index (κ3) is 8.27. The molecule has 0 aliphatic carbocycles. The number of halogens is 1. The molecule has 3 aromatic rings. The Balaban J connectivity index is 1.31. The van der Waals surface area contributed by atoms with Crippen LogP contribution in [0.15, 0.2) is 47.2 Å². The average molecular weight is 600 g/mol. The lowest BCUT2D eigenvalue weighted by atomic mass is 10.0. The maximum Gasteiger partial charge on any atom is 0.322 e. The summed E-state index contributed by atoms with van der Waals surface area (Å²) in [4.78, 5) is 34.7. The Hall–Kier alpha value is -3.02. The number of carbonyl (C=O) groups excluding carboxylic acids is 2. The summed E-state index contributed by atoms with van der Waals surface area (Å²) in [7, 11) is 0. The summed E-state index contributed by atoms with van der Waals surface area (Å²) in [6, 6.07) is 10.4. The quantitative estimate of drug-likeness (QED) is 0.190. The lowest BCUT2D eigenvalue weighted by Gasteiger charge is -2.40. The third-order valence-electron chi connectivity index (χ3n) is 7.66. The minimum absolute atomic E-state index is 0.0833. The van der Waals surface area contributed by atoms with E-state index >= 15 is 0 Å². The van der Waals surface area contributed by atoms with Crippen molar-refractivity contribution in [3.8, 4) is 0 Å². The first-order valence-corrected chi connectivity index (χ1v) is 15.1. The van der Waals surface area contributed by atoms with Gasteiger partial charge in [0, 0.05) is 49.5 Å². The molecule has 1 fully saturated rings. The van der Waals surface area contributed by atoms with Gasteiger partial charge < -0.3 is 30.6 Å². The molecule has 1 aliphatic heterocycles. The van der Waals surface area contributed by atoms with Crippen molar-refractivity contribution in [1.82, 2.24) is 20.1 Å². The van der Waals surface area contributed by atoms with Gasteiger partial charge in [-0.1, -0.05) is 23.7 Å². The summed E-state index contributed by atoms with van der Waals surface area (Å²) >= 11 is 7.61. The van der Waals surface area contributed by atoms with Gasteiger partial charge in [0.05, 0.1) is 11.3 Å². The van der Waals surface area contributed by atoms with E-state index in [-0.39, 0.29) is 24.0 Å².